The Kier molecular flexibility index (Phi) is 5.20. The van der Waals surface area contributed by atoms with Gasteiger partial charge in [-0.15, -0.1) is 0 Å². The van der Waals surface area contributed by atoms with Crippen LogP contribution in [0.2, 0.25) is 5.02 Å². The predicted molar refractivity (Wildman–Crippen MR) is 74.3 cm³/mol. The number of hydrogen-bond acceptors (Lipinski definition) is 2. The fourth-order valence-electron chi connectivity index (χ4n) is 1.50. The Labute approximate surface area is 120 Å². The standard InChI is InChI=1S/C12H13ClF2N2OS/c1-6(2)17(5-11(16)19)12(18)7-3-10(15)8(13)4-9(7)14/h3-4,6H,5H2,1-2H3,(H2,16,19). The Morgan fingerprint density at radius 2 is 2.00 bits per heavy atom. The second-order valence-corrected chi connectivity index (χ2v) is 5.17. The van der Waals surface area contributed by atoms with Gasteiger partial charge in [0.15, 0.2) is 0 Å². The number of thiocarbonyl (C=S) groups is 1. The lowest BCUT2D eigenvalue weighted by Gasteiger charge is -2.26. The summed E-state index contributed by atoms with van der Waals surface area (Å²) >= 11 is 10.2. The minimum Gasteiger partial charge on any atom is -0.392 e. The summed E-state index contributed by atoms with van der Waals surface area (Å²) < 4.78 is 27.0. The summed E-state index contributed by atoms with van der Waals surface area (Å²) in [5, 5.41) is -0.375. The van der Waals surface area contributed by atoms with Gasteiger partial charge in [-0.25, -0.2) is 8.78 Å². The normalized spacial score (nSPS) is 10.6. The van der Waals surface area contributed by atoms with E-state index in [4.69, 9.17) is 29.6 Å². The first-order valence-corrected chi connectivity index (χ1v) is 6.26. The molecule has 0 aliphatic heterocycles. The molecule has 1 amide bonds. The number of amides is 1. The summed E-state index contributed by atoms with van der Waals surface area (Å²) in [6, 6.07) is 1.28. The van der Waals surface area contributed by atoms with Crippen molar-refractivity contribution in [3.63, 3.8) is 0 Å². The molecule has 0 bridgehead atoms. The van der Waals surface area contributed by atoms with E-state index in [0.717, 1.165) is 12.1 Å². The molecule has 0 aliphatic rings. The van der Waals surface area contributed by atoms with Crippen molar-refractivity contribution in [2.45, 2.75) is 19.9 Å². The number of nitrogens with two attached hydrogens (primary N) is 1. The topological polar surface area (TPSA) is 46.3 Å². The van der Waals surface area contributed by atoms with Crippen LogP contribution >= 0.6 is 23.8 Å². The summed E-state index contributed by atoms with van der Waals surface area (Å²) in [6.45, 7) is 3.44. The number of rotatable bonds is 4. The highest BCUT2D eigenvalue weighted by Gasteiger charge is 2.23. The maximum absolute atomic E-state index is 13.7. The van der Waals surface area contributed by atoms with Crippen molar-refractivity contribution >= 4 is 34.7 Å². The van der Waals surface area contributed by atoms with Crippen LogP contribution in [0.5, 0.6) is 0 Å². The van der Waals surface area contributed by atoms with Crippen molar-refractivity contribution < 1.29 is 13.6 Å². The Morgan fingerprint density at radius 3 is 2.47 bits per heavy atom. The van der Waals surface area contributed by atoms with Crippen molar-refractivity contribution in [2.75, 3.05) is 6.54 Å². The summed E-state index contributed by atoms with van der Waals surface area (Å²) in [4.78, 5) is 13.5. The number of nitrogens with zero attached hydrogens (tertiary/aromatic N) is 1. The number of carbonyl (C=O) groups excluding carboxylic acids is 1. The first kappa shape index (κ1) is 15.8. The number of carbonyl (C=O) groups is 1. The van der Waals surface area contributed by atoms with E-state index in [1.165, 1.54) is 4.90 Å². The first-order chi connectivity index (χ1) is 8.73. The highest BCUT2D eigenvalue weighted by Crippen LogP contribution is 2.21. The molecule has 0 saturated carbocycles. The van der Waals surface area contributed by atoms with Crippen LogP contribution < -0.4 is 5.73 Å². The van der Waals surface area contributed by atoms with Crippen molar-refractivity contribution in [3.8, 4) is 0 Å². The van der Waals surface area contributed by atoms with Gasteiger partial charge in [0.2, 0.25) is 0 Å². The summed E-state index contributed by atoms with van der Waals surface area (Å²) in [5.74, 6) is -2.42. The van der Waals surface area contributed by atoms with Gasteiger partial charge in [0.1, 0.15) is 11.6 Å². The molecule has 0 heterocycles. The van der Waals surface area contributed by atoms with E-state index in [0.29, 0.717) is 0 Å². The molecule has 7 heteroatoms. The van der Waals surface area contributed by atoms with E-state index in [2.05, 4.69) is 0 Å². The van der Waals surface area contributed by atoms with Crippen LogP contribution in [-0.4, -0.2) is 28.4 Å². The zero-order valence-electron chi connectivity index (χ0n) is 10.4. The van der Waals surface area contributed by atoms with Gasteiger partial charge in [0.25, 0.3) is 5.91 Å². The first-order valence-electron chi connectivity index (χ1n) is 5.47. The number of halogens is 3. The van der Waals surface area contributed by atoms with Crippen molar-refractivity contribution in [3.05, 3.63) is 34.4 Å². The van der Waals surface area contributed by atoms with E-state index in [9.17, 15) is 13.6 Å². The molecule has 1 rings (SSSR count). The van der Waals surface area contributed by atoms with Gasteiger partial charge in [0.05, 0.1) is 22.1 Å². The third kappa shape index (κ3) is 3.84. The lowest BCUT2D eigenvalue weighted by atomic mass is 10.1. The van der Waals surface area contributed by atoms with Gasteiger partial charge >= 0.3 is 0 Å². The van der Waals surface area contributed by atoms with Gasteiger partial charge in [-0.2, -0.15) is 0 Å². The lowest BCUT2D eigenvalue weighted by molar-refractivity contribution is 0.0731. The molecular weight excluding hydrogens is 294 g/mol. The quantitative estimate of drug-likeness (QED) is 0.687. The maximum atomic E-state index is 13.7. The van der Waals surface area contributed by atoms with Crippen LogP contribution in [0.25, 0.3) is 0 Å². The van der Waals surface area contributed by atoms with Crippen LogP contribution in [0.3, 0.4) is 0 Å². The molecule has 104 valence electrons. The van der Waals surface area contributed by atoms with Crippen molar-refractivity contribution in [2.24, 2.45) is 5.73 Å². The molecule has 2 N–H and O–H groups in total. The second-order valence-electron chi connectivity index (χ2n) is 4.24. The van der Waals surface area contributed by atoms with Crippen LogP contribution in [-0.2, 0) is 0 Å². The van der Waals surface area contributed by atoms with Crippen LogP contribution in [0.1, 0.15) is 24.2 Å². The summed E-state index contributed by atoms with van der Waals surface area (Å²) in [5.41, 5.74) is 4.99. The largest absolute Gasteiger partial charge is 0.392 e. The Balaban J connectivity index is 3.16. The second kappa shape index (κ2) is 6.25. The van der Waals surface area contributed by atoms with Gasteiger partial charge in [-0.05, 0) is 26.0 Å². The molecule has 0 aromatic heterocycles. The van der Waals surface area contributed by atoms with Crippen molar-refractivity contribution in [1.29, 1.82) is 0 Å². The molecule has 3 nitrogen and oxygen atoms in total. The zero-order chi connectivity index (χ0) is 14.7. The third-order valence-corrected chi connectivity index (χ3v) is 2.87. The van der Waals surface area contributed by atoms with E-state index in [1.54, 1.807) is 13.8 Å². The zero-order valence-corrected chi connectivity index (χ0v) is 12.0. The average molecular weight is 307 g/mol. The van der Waals surface area contributed by atoms with Crippen LogP contribution in [0.4, 0.5) is 8.78 Å². The molecule has 0 aliphatic carbocycles. The predicted octanol–water partition coefficient (Wildman–Crippen LogP) is 2.75. The van der Waals surface area contributed by atoms with E-state index < -0.39 is 23.1 Å². The molecular formula is C12H13ClF2N2OS. The molecule has 1 aromatic rings. The molecule has 0 radical (unpaired) electrons. The molecule has 19 heavy (non-hydrogen) atoms. The summed E-state index contributed by atoms with van der Waals surface area (Å²) in [6.07, 6.45) is 0. The number of benzene rings is 1. The highest BCUT2D eigenvalue weighted by molar-refractivity contribution is 7.80. The smallest absolute Gasteiger partial charge is 0.257 e. The monoisotopic (exact) mass is 306 g/mol. The molecule has 0 fully saturated rings. The molecule has 0 spiro atoms. The van der Waals surface area contributed by atoms with Crippen molar-refractivity contribution in [1.82, 2.24) is 4.90 Å². The molecule has 1 aromatic carbocycles. The van der Waals surface area contributed by atoms with Gasteiger partial charge < -0.3 is 10.6 Å². The van der Waals surface area contributed by atoms with Gasteiger partial charge in [-0.1, -0.05) is 23.8 Å². The number of hydrogen-bond donors (Lipinski definition) is 1. The van der Waals surface area contributed by atoms with E-state index in [-0.39, 0.29) is 22.6 Å². The summed E-state index contributed by atoms with van der Waals surface area (Å²) in [7, 11) is 0. The Hall–Kier alpha value is -1.27. The average Bonchev–Trinajstić information content (AvgIpc) is 2.29. The molecule has 0 atom stereocenters. The Morgan fingerprint density at radius 1 is 1.42 bits per heavy atom. The molecule has 0 unspecified atom stereocenters. The fourth-order valence-corrected chi connectivity index (χ4v) is 1.79. The Bertz CT molecular complexity index is 523. The lowest BCUT2D eigenvalue weighted by Crippen LogP contribution is -2.42. The van der Waals surface area contributed by atoms with Crippen LogP contribution in [0, 0.1) is 11.6 Å². The van der Waals surface area contributed by atoms with Crippen LogP contribution in [0.15, 0.2) is 12.1 Å². The molecule has 0 saturated heterocycles. The minimum absolute atomic E-state index is 0.00445. The van der Waals surface area contributed by atoms with Gasteiger partial charge in [-0.3, -0.25) is 4.79 Å². The third-order valence-electron chi connectivity index (χ3n) is 2.45. The maximum Gasteiger partial charge on any atom is 0.257 e. The highest BCUT2D eigenvalue weighted by atomic mass is 35.5. The van der Waals surface area contributed by atoms with E-state index in [1.807, 2.05) is 0 Å². The SMILES string of the molecule is CC(C)N(CC(N)=S)C(=O)c1cc(F)c(Cl)cc1F. The minimum atomic E-state index is -0.884. The van der Waals surface area contributed by atoms with Gasteiger partial charge in [0, 0.05) is 6.04 Å². The van der Waals surface area contributed by atoms with E-state index >= 15 is 0 Å². The fraction of sp³-hybridized carbons (Fsp3) is 0.333.